The smallest absolute Gasteiger partial charge is 0.267 e. The minimum absolute atomic E-state index is 0.0170. The lowest BCUT2D eigenvalue weighted by Gasteiger charge is -2.30. The Bertz CT molecular complexity index is 472. The number of ether oxygens (including phenoxy) is 1. The third-order valence-corrected chi connectivity index (χ3v) is 4.89. The van der Waals surface area contributed by atoms with Gasteiger partial charge in [0.2, 0.25) is 0 Å². The van der Waals surface area contributed by atoms with Crippen LogP contribution in [0.25, 0.3) is 0 Å². The molecule has 0 saturated heterocycles. The van der Waals surface area contributed by atoms with Crippen LogP contribution < -0.4 is 11.1 Å². The first kappa shape index (κ1) is 16.0. The first-order chi connectivity index (χ1) is 10.1. The average Bonchev–Trinajstić information content (AvgIpc) is 2.88. The quantitative estimate of drug-likeness (QED) is 0.787. The number of anilines is 2. The van der Waals surface area contributed by atoms with E-state index in [9.17, 15) is 4.79 Å². The molecule has 1 amide bonds. The number of amides is 1. The van der Waals surface area contributed by atoms with Crippen molar-refractivity contribution in [2.24, 2.45) is 0 Å². The van der Waals surface area contributed by atoms with Gasteiger partial charge in [-0.3, -0.25) is 4.79 Å². The van der Waals surface area contributed by atoms with Crippen LogP contribution in [0, 0.1) is 0 Å². The number of hydrogen-bond acceptors (Lipinski definition) is 6. The van der Waals surface area contributed by atoms with Gasteiger partial charge in [0.25, 0.3) is 5.91 Å². The van der Waals surface area contributed by atoms with Crippen LogP contribution in [0.4, 0.5) is 10.9 Å². The maximum Gasteiger partial charge on any atom is 0.267 e. The first-order valence-electron chi connectivity index (χ1n) is 7.39. The molecule has 1 heterocycles. The zero-order valence-corrected chi connectivity index (χ0v) is 13.5. The maximum atomic E-state index is 12.6. The van der Waals surface area contributed by atoms with E-state index in [2.05, 4.69) is 10.3 Å². The maximum absolute atomic E-state index is 12.6. The fourth-order valence-electron chi connectivity index (χ4n) is 2.62. The van der Waals surface area contributed by atoms with Gasteiger partial charge in [0.1, 0.15) is 10.7 Å². The second-order valence-corrected chi connectivity index (χ2v) is 6.36. The van der Waals surface area contributed by atoms with Gasteiger partial charge in [-0.1, -0.05) is 30.6 Å². The molecule has 0 bridgehead atoms. The molecule has 118 valence electrons. The molecule has 3 N–H and O–H groups in total. The van der Waals surface area contributed by atoms with E-state index >= 15 is 0 Å². The van der Waals surface area contributed by atoms with Crippen molar-refractivity contribution in [3.05, 3.63) is 4.88 Å². The lowest BCUT2D eigenvalue weighted by atomic mass is 9.94. The lowest BCUT2D eigenvalue weighted by Crippen LogP contribution is -2.38. The standard InChI is InChI=1S/C14H24N4O2S/c1-18(10-6-4-3-5-7-10)13(19)11-12(15)17-14(21-11)16-8-9-20-2/h10H,3-9,15H2,1-2H3,(H,16,17). The average molecular weight is 312 g/mol. The fraction of sp³-hybridized carbons (Fsp3) is 0.714. The minimum Gasteiger partial charge on any atom is -0.383 e. The highest BCUT2D eigenvalue weighted by molar-refractivity contribution is 7.18. The van der Waals surface area contributed by atoms with Crippen molar-refractivity contribution in [3.63, 3.8) is 0 Å². The molecule has 0 unspecified atom stereocenters. The number of aromatic nitrogens is 1. The topological polar surface area (TPSA) is 80.5 Å². The van der Waals surface area contributed by atoms with Gasteiger partial charge in [0.15, 0.2) is 5.13 Å². The Kier molecular flexibility index (Phi) is 5.81. The van der Waals surface area contributed by atoms with Crippen LogP contribution in [-0.4, -0.2) is 49.1 Å². The van der Waals surface area contributed by atoms with Gasteiger partial charge in [-0.25, -0.2) is 4.98 Å². The number of nitrogens with zero attached hydrogens (tertiary/aromatic N) is 2. The largest absolute Gasteiger partial charge is 0.383 e. The van der Waals surface area contributed by atoms with Crippen molar-refractivity contribution in [1.82, 2.24) is 9.88 Å². The number of thiazole rings is 1. The van der Waals surface area contributed by atoms with Crippen LogP contribution in [0.3, 0.4) is 0 Å². The van der Waals surface area contributed by atoms with Crippen molar-refractivity contribution in [2.75, 3.05) is 38.4 Å². The summed E-state index contributed by atoms with van der Waals surface area (Å²) in [4.78, 5) is 19.2. The third-order valence-electron chi connectivity index (χ3n) is 3.87. The van der Waals surface area contributed by atoms with Gasteiger partial charge in [0, 0.05) is 26.7 Å². The summed E-state index contributed by atoms with van der Waals surface area (Å²) in [6.45, 7) is 1.24. The summed E-state index contributed by atoms with van der Waals surface area (Å²) in [6, 6.07) is 0.331. The number of nitrogens with one attached hydrogen (secondary N) is 1. The molecule has 1 aliphatic rings. The summed E-state index contributed by atoms with van der Waals surface area (Å²) < 4.78 is 4.97. The van der Waals surface area contributed by atoms with Crippen molar-refractivity contribution in [2.45, 2.75) is 38.1 Å². The Balaban J connectivity index is 2.00. The van der Waals surface area contributed by atoms with Gasteiger partial charge in [-0.15, -0.1) is 0 Å². The molecule has 1 aliphatic carbocycles. The normalized spacial score (nSPS) is 15.9. The summed E-state index contributed by atoms with van der Waals surface area (Å²) in [7, 11) is 3.52. The van der Waals surface area contributed by atoms with Crippen molar-refractivity contribution < 1.29 is 9.53 Å². The number of carbonyl (C=O) groups is 1. The number of nitrogens with two attached hydrogens (primary N) is 1. The van der Waals surface area contributed by atoms with Gasteiger partial charge in [0.05, 0.1) is 6.61 Å². The Morgan fingerprint density at radius 3 is 2.86 bits per heavy atom. The second-order valence-electron chi connectivity index (χ2n) is 5.36. The highest BCUT2D eigenvalue weighted by Crippen LogP contribution is 2.29. The second kappa shape index (κ2) is 7.61. The van der Waals surface area contributed by atoms with E-state index in [1.807, 2.05) is 11.9 Å². The van der Waals surface area contributed by atoms with Gasteiger partial charge in [-0.05, 0) is 12.8 Å². The molecule has 2 rings (SSSR count). The van der Waals surface area contributed by atoms with Gasteiger partial charge < -0.3 is 20.7 Å². The summed E-state index contributed by atoms with van der Waals surface area (Å²) in [6.07, 6.45) is 5.84. The lowest BCUT2D eigenvalue weighted by molar-refractivity contribution is 0.0702. The van der Waals surface area contributed by atoms with E-state index in [1.54, 1.807) is 7.11 Å². The molecule has 1 fully saturated rings. The van der Waals surface area contributed by atoms with Gasteiger partial charge >= 0.3 is 0 Å². The molecular formula is C14H24N4O2S. The zero-order valence-electron chi connectivity index (χ0n) is 12.7. The summed E-state index contributed by atoms with van der Waals surface area (Å²) in [5, 5.41) is 3.78. The van der Waals surface area contributed by atoms with E-state index in [-0.39, 0.29) is 5.91 Å². The molecule has 0 radical (unpaired) electrons. The minimum atomic E-state index is -0.0170. The molecule has 1 aromatic heterocycles. The van der Waals surface area contributed by atoms with Crippen LogP contribution >= 0.6 is 11.3 Å². The number of nitrogen functional groups attached to an aromatic ring is 1. The highest BCUT2D eigenvalue weighted by Gasteiger charge is 2.26. The van der Waals surface area contributed by atoms with Crippen LogP contribution in [0.15, 0.2) is 0 Å². The molecule has 0 atom stereocenters. The summed E-state index contributed by atoms with van der Waals surface area (Å²) >= 11 is 1.32. The number of carbonyl (C=O) groups excluding carboxylic acids is 1. The van der Waals surface area contributed by atoms with E-state index < -0.39 is 0 Å². The van der Waals surface area contributed by atoms with Crippen molar-refractivity contribution in [3.8, 4) is 0 Å². The molecule has 1 aromatic rings. The summed E-state index contributed by atoms with van der Waals surface area (Å²) in [5.41, 5.74) is 5.89. The SMILES string of the molecule is COCCNc1nc(N)c(C(=O)N(C)C2CCCCC2)s1. The number of hydrogen-bond donors (Lipinski definition) is 2. The monoisotopic (exact) mass is 312 g/mol. The molecular weight excluding hydrogens is 288 g/mol. The Hall–Kier alpha value is -1.34. The van der Waals surface area contributed by atoms with E-state index in [4.69, 9.17) is 10.5 Å². The number of rotatable bonds is 6. The zero-order chi connectivity index (χ0) is 15.2. The Morgan fingerprint density at radius 2 is 2.19 bits per heavy atom. The van der Waals surface area contributed by atoms with Crippen LogP contribution in [0.5, 0.6) is 0 Å². The molecule has 7 heteroatoms. The fourth-order valence-corrected chi connectivity index (χ4v) is 3.51. The highest BCUT2D eigenvalue weighted by atomic mass is 32.1. The Morgan fingerprint density at radius 1 is 1.48 bits per heavy atom. The van der Waals surface area contributed by atoms with E-state index in [0.29, 0.717) is 35.0 Å². The number of methoxy groups -OCH3 is 1. The molecule has 21 heavy (non-hydrogen) atoms. The van der Waals surface area contributed by atoms with Crippen molar-refractivity contribution >= 4 is 28.2 Å². The molecule has 6 nitrogen and oxygen atoms in total. The van der Waals surface area contributed by atoms with E-state index in [1.165, 1.54) is 30.6 Å². The van der Waals surface area contributed by atoms with Crippen LogP contribution in [0.1, 0.15) is 41.8 Å². The summed E-state index contributed by atoms with van der Waals surface area (Å²) in [5.74, 6) is 0.296. The third kappa shape index (κ3) is 4.07. The molecule has 1 saturated carbocycles. The predicted octanol–water partition coefficient (Wildman–Crippen LogP) is 2.19. The van der Waals surface area contributed by atoms with Crippen molar-refractivity contribution in [1.29, 1.82) is 0 Å². The van der Waals surface area contributed by atoms with Gasteiger partial charge in [-0.2, -0.15) is 0 Å². The Labute approximate surface area is 129 Å². The van der Waals surface area contributed by atoms with Crippen LogP contribution in [0.2, 0.25) is 0 Å². The first-order valence-corrected chi connectivity index (χ1v) is 8.21. The predicted molar refractivity (Wildman–Crippen MR) is 85.9 cm³/mol. The van der Waals surface area contributed by atoms with Crippen LogP contribution in [-0.2, 0) is 4.74 Å². The molecule has 0 aromatic carbocycles. The molecule has 0 spiro atoms. The van der Waals surface area contributed by atoms with E-state index in [0.717, 1.165) is 12.8 Å². The molecule has 0 aliphatic heterocycles.